The monoisotopic (exact) mass is 772 g/mol. The lowest BCUT2D eigenvalue weighted by Gasteiger charge is -2.44. The van der Waals surface area contributed by atoms with Gasteiger partial charge in [-0.15, -0.1) is 0 Å². The van der Waals surface area contributed by atoms with Crippen LogP contribution in [0.25, 0.3) is 65.3 Å². The predicted molar refractivity (Wildman–Crippen MR) is 261 cm³/mol. The van der Waals surface area contributed by atoms with E-state index < -0.39 is 0 Å². The average Bonchev–Trinajstić information content (AvgIpc) is 3.32. The van der Waals surface area contributed by atoms with Gasteiger partial charge in [0.2, 0.25) is 0 Å². The molecule has 0 saturated carbocycles. The van der Waals surface area contributed by atoms with Gasteiger partial charge in [0.1, 0.15) is 0 Å². The zero-order chi connectivity index (χ0) is 40.0. The van der Waals surface area contributed by atoms with E-state index in [1.165, 1.54) is 104 Å². The Balaban J connectivity index is 1.15. The van der Waals surface area contributed by atoms with Gasteiger partial charge in [-0.1, -0.05) is 152 Å². The van der Waals surface area contributed by atoms with Crippen molar-refractivity contribution in [3.05, 3.63) is 224 Å². The maximum absolute atomic E-state index is 2.53. The Bertz CT molecular complexity index is 3340. The van der Waals surface area contributed by atoms with Gasteiger partial charge in [-0.3, -0.25) is 0 Å². The van der Waals surface area contributed by atoms with Crippen molar-refractivity contribution in [1.29, 1.82) is 0 Å². The lowest BCUT2D eigenvalue weighted by molar-refractivity contribution is 1.26. The fourth-order valence-electron chi connectivity index (χ4n) is 10.2. The lowest BCUT2D eigenvalue weighted by atomic mass is 9.33. The molecule has 0 fully saturated rings. The lowest BCUT2D eigenvalue weighted by Crippen LogP contribution is -2.61. The maximum atomic E-state index is 2.53. The molecule has 0 amide bonds. The molecule has 0 radical (unpaired) electrons. The topological polar surface area (TPSA) is 6.48 Å². The molecule has 0 aliphatic carbocycles. The van der Waals surface area contributed by atoms with E-state index in [1.807, 2.05) is 0 Å². The van der Waals surface area contributed by atoms with Crippen LogP contribution in [-0.2, 0) is 0 Å². The zero-order valence-electron chi connectivity index (χ0n) is 33.3. The first-order valence-corrected chi connectivity index (χ1v) is 21.2. The molecule has 0 aromatic heterocycles. The van der Waals surface area contributed by atoms with Crippen LogP contribution >= 0.6 is 0 Å². The van der Waals surface area contributed by atoms with Crippen molar-refractivity contribution in [3.8, 4) is 22.3 Å². The number of fused-ring (bicyclic) bond motifs is 8. The summed E-state index contributed by atoms with van der Waals surface area (Å²) < 4.78 is 0. The van der Waals surface area contributed by atoms with E-state index in [9.17, 15) is 0 Å². The summed E-state index contributed by atoms with van der Waals surface area (Å²) in [6.45, 7) is -0.0174. The van der Waals surface area contributed by atoms with Crippen molar-refractivity contribution < 1.29 is 0 Å². The Kier molecular flexibility index (Phi) is 7.43. The third kappa shape index (κ3) is 5.37. The quantitative estimate of drug-likeness (QED) is 0.130. The number of benzene rings is 11. The fraction of sp³-hybridized carbons (Fsp3) is 0. The van der Waals surface area contributed by atoms with Crippen LogP contribution in [0.5, 0.6) is 0 Å². The Morgan fingerprint density at radius 1 is 0.246 bits per heavy atom. The molecule has 0 spiro atoms. The van der Waals surface area contributed by atoms with Crippen molar-refractivity contribution in [2.75, 3.05) is 9.80 Å². The molecule has 2 heterocycles. The molecule has 282 valence electrons. The zero-order valence-corrected chi connectivity index (χ0v) is 33.3. The normalized spacial score (nSPS) is 12.8. The SMILES string of the molecule is c1ccc(-c2ccc(-c3cc4c5c(c3)N(c3ccccc3)c3cc6cc7ccccc7cc6cc3B5c3cc5cc6ccccc6cc5cc3N4c3ccccc3)cc2)cc1. The minimum Gasteiger partial charge on any atom is -0.311 e. The number of nitrogens with zero attached hydrogens (tertiary/aromatic N) is 2. The molecule has 2 nitrogen and oxygen atoms in total. The molecular weight excluding hydrogens is 735 g/mol. The summed E-state index contributed by atoms with van der Waals surface area (Å²) in [7, 11) is 0. The van der Waals surface area contributed by atoms with Crippen molar-refractivity contribution in [1.82, 2.24) is 0 Å². The minimum atomic E-state index is -0.0174. The summed E-state index contributed by atoms with van der Waals surface area (Å²) in [6.07, 6.45) is 0. The molecule has 2 aliphatic rings. The highest BCUT2D eigenvalue weighted by Gasteiger charge is 2.44. The van der Waals surface area contributed by atoms with Gasteiger partial charge in [-0.2, -0.15) is 0 Å². The number of para-hydroxylation sites is 2. The average molecular weight is 773 g/mol. The van der Waals surface area contributed by atoms with E-state index in [-0.39, 0.29) is 6.71 Å². The summed E-state index contributed by atoms with van der Waals surface area (Å²) in [5.74, 6) is 0. The Hall–Kier alpha value is -7.88. The van der Waals surface area contributed by atoms with Crippen LogP contribution in [0, 0.1) is 0 Å². The first kappa shape index (κ1) is 34.0. The van der Waals surface area contributed by atoms with Crippen molar-refractivity contribution in [2.24, 2.45) is 0 Å². The Morgan fingerprint density at radius 2 is 0.590 bits per heavy atom. The third-order valence-corrected chi connectivity index (χ3v) is 13.1. The van der Waals surface area contributed by atoms with E-state index in [4.69, 9.17) is 0 Å². The second kappa shape index (κ2) is 13.3. The highest BCUT2D eigenvalue weighted by atomic mass is 15.2. The minimum absolute atomic E-state index is 0.0174. The molecule has 0 saturated heterocycles. The number of hydrogen-bond donors (Lipinski definition) is 0. The van der Waals surface area contributed by atoms with Crippen molar-refractivity contribution in [2.45, 2.75) is 0 Å². The molecule has 0 N–H and O–H groups in total. The van der Waals surface area contributed by atoms with Crippen LogP contribution in [0.15, 0.2) is 224 Å². The molecule has 0 atom stereocenters. The predicted octanol–water partition coefficient (Wildman–Crippen LogP) is 13.7. The summed E-state index contributed by atoms with van der Waals surface area (Å²) >= 11 is 0. The van der Waals surface area contributed by atoms with E-state index in [1.54, 1.807) is 0 Å². The van der Waals surface area contributed by atoms with Gasteiger partial charge in [0.05, 0.1) is 0 Å². The van der Waals surface area contributed by atoms with Crippen LogP contribution in [-0.4, -0.2) is 6.71 Å². The van der Waals surface area contributed by atoms with E-state index >= 15 is 0 Å². The van der Waals surface area contributed by atoms with Gasteiger partial charge in [0.15, 0.2) is 0 Å². The van der Waals surface area contributed by atoms with Crippen LogP contribution in [0.2, 0.25) is 0 Å². The van der Waals surface area contributed by atoms with Crippen LogP contribution in [0.1, 0.15) is 0 Å². The van der Waals surface area contributed by atoms with Crippen LogP contribution in [0.3, 0.4) is 0 Å². The summed E-state index contributed by atoms with van der Waals surface area (Å²) in [5.41, 5.74) is 15.9. The maximum Gasteiger partial charge on any atom is 0.252 e. The van der Waals surface area contributed by atoms with Gasteiger partial charge < -0.3 is 9.80 Å². The number of hydrogen-bond acceptors (Lipinski definition) is 2. The van der Waals surface area contributed by atoms with Gasteiger partial charge in [-0.25, -0.2) is 0 Å². The van der Waals surface area contributed by atoms with E-state index in [0.29, 0.717) is 0 Å². The fourth-order valence-corrected chi connectivity index (χ4v) is 10.2. The molecule has 3 heteroatoms. The van der Waals surface area contributed by atoms with Crippen LogP contribution in [0.4, 0.5) is 34.1 Å². The van der Waals surface area contributed by atoms with Gasteiger partial charge in [-0.05, 0) is 155 Å². The smallest absolute Gasteiger partial charge is 0.252 e. The molecule has 2 aliphatic heterocycles. The van der Waals surface area contributed by atoms with Crippen LogP contribution < -0.4 is 26.2 Å². The molecule has 13 rings (SSSR count). The molecular formula is C58H37BN2. The number of rotatable bonds is 4. The second-order valence-electron chi connectivity index (χ2n) is 16.6. The third-order valence-electron chi connectivity index (χ3n) is 13.1. The van der Waals surface area contributed by atoms with E-state index in [2.05, 4.69) is 234 Å². The summed E-state index contributed by atoms with van der Waals surface area (Å²) in [5, 5.41) is 10.00. The summed E-state index contributed by atoms with van der Waals surface area (Å²) in [4.78, 5) is 5.06. The summed E-state index contributed by atoms with van der Waals surface area (Å²) in [6, 6.07) is 83.4. The molecule has 11 aromatic rings. The molecule has 61 heavy (non-hydrogen) atoms. The Morgan fingerprint density at radius 3 is 1.02 bits per heavy atom. The highest BCUT2D eigenvalue weighted by molar-refractivity contribution is 7.00. The van der Waals surface area contributed by atoms with Crippen molar-refractivity contribution >= 4 is 100 Å². The standard InChI is InChI=1S/C58H37BN2/c1-4-14-38(15-5-1)39-24-26-40(27-25-39)49-36-56-58-57(37-49)61(51-22-8-3-9-23-51)55-35-48-31-44-19-13-11-17-42(44)29-46(48)33-53(55)59(58)52-32-45-28-41-16-10-12-18-43(41)30-47(45)34-54(52)60(56)50-20-6-2-7-21-50/h1-37H. The molecule has 0 unspecified atom stereocenters. The molecule has 11 aromatic carbocycles. The molecule has 0 bridgehead atoms. The first-order chi connectivity index (χ1) is 30.2. The Labute approximate surface area is 355 Å². The number of anilines is 6. The van der Waals surface area contributed by atoms with Gasteiger partial charge >= 0.3 is 0 Å². The van der Waals surface area contributed by atoms with Gasteiger partial charge in [0.25, 0.3) is 6.71 Å². The van der Waals surface area contributed by atoms with Gasteiger partial charge in [0, 0.05) is 34.1 Å². The van der Waals surface area contributed by atoms with Crippen molar-refractivity contribution in [3.63, 3.8) is 0 Å². The largest absolute Gasteiger partial charge is 0.311 e. The first-order valence-electron chi connectivity index (χ1n) is 21.2. The highest BCUT2D eigenvalue weighted by Crippen LogP contribution is 2.47. The van der Waals surface area contributed by atoms with E-state index in [0.717, 1.165) is 11.4 Å². The second-order valence-corrected chi connectivity index (χ2v) is 16.6.